The molecule has 1 aromatic rings. The van der Waals surface area contributed by atoms with Crippen LogP contribution in [0, 0.1) is 0 Å². The van der Waals surface area contributed by atoms with E-state index in [2.05, 4.69) is 0 Å². The fourth-order valence-corrected chi connectivity index (χ4v) is 1.41. The van der Waals surface area contributed by atoms with Gasteiger partial charge in [-0.05, 0) is 12.1 Å². The average Bonchev–Trinajstić information content (AvgIpc) is 2.29. The molecule has 1 aromatic carbocycles. The van der Waals surface area contributed by atoms with Crippen molar-refractivity contribution in [3.63, 3.8) is 0 Å². The Bertz CT molecular complexity index is 433. The zero-order valence-electron chi connectivity index (χ0n) is 8.99. The Morgan fingerprint density at radius 2 is 1.88 bits per heavy atom. The topological polar surface area (TPSA) is 133 Å². The monoisotopic (exact) mass is 243 g/mol. The predicted octanol–water partition coefficient (Wildman–Crippen LogP) is -0.0972. The third-order valence-electron chi connectivity index (χ3n) is 2.33. The summed E-state index contributed by atoms with van der Waals surface area (Å²) >= 11 is 0. The first-order chi connectivity index (χ1) is 7.90. The molecule has 17 heavy (non-hydrogen) atoms. The summed E-state index contributed by atoms with van der Waals surface area (Å²) in [5.74, 6) is -3.25. The van der Waals surface area contributed by atoms with Gasteiger partial charge in [0.25, 0.3) is 0 Å². The Morgan fingerprint density at radius 3 is 2.35 bits per heavy atom. The van der Waals surface area contributed by atoms with E-state index in [1.165, 1.54) is 13.2 Å². The minimum absolute atomic E-state index is 0.0160. The third kappa shape index (κ3) is 2.40. The highest BCUT2D eigenvalue weighted by atomic mass is 16.5. The summed E-state index contributed by atoms with van der Waals surface area (Å²) in [5, 5.41) is 36.8. The summed E-state index contributed by atoms with van der Waals surface area (Å²) in [6.07, 6.45) is -1.14. The number of carboxylic acid groups (broad SMARTS) is 1. The molecule has 0 aliphatic carbocycles. The van der Waals surface area contributed by atoms with Gasteiger partial charge < -0.3 is 30.9 Å². The average molecular weight is 243 g/mol. The number of nitrogens with two attached hydrogens (primary N) is 1. The number of ether oxygens (including phenoxy) is 1. The quantitative estimate of drug-likeness (QED) is 0.466. The Labute approximate surface area is 96.7 Å². The number of hydrogen-bond donors (Lipinski definition) is 5. The van der Waals surface area contributed by atoms with Gasteiger partial charge in [0.2, 0.25) is 5.75 Å². The SMILES string of the molecule is COC(c1ccc(O)c(O)c1O)C(N)C(=O)O. The van der Waals surface area contributed by atoms with E-state index in [-0.39, 0.29) is 5.56 Å². The molecule has 2 unspecified atom stereocenters. The van der Waals surface area contributed by atoms with Gasteiger partial charge in [0.1, 0.15) is 12.1 Å². The van der Waals surface area contributed by atoms with E-state index in [1.807, 2.05) is 0 Å². The third-order valence-corrected chi connectivity index (χ3v) is 2.33. The van der Waals surface area contributed by atoms with Crippen LogP contribution in [0.15, 0.2) is 12.1 Å². The van der Waals surface area contributed by atoms with E-state index < -0.39 is 35.4 Å². The summed E-state index contributed by atoms with van der Waals surface area (Å²) in [7, 11) is 1.22. The Hall–Kier alpha value is -1.99. The molecule has 0 saturated heterocycles. The van der Waals surface area contributed by atoms with E-state index in [0.717, 1.165) is 6.07 Å². The molecule has 2 atom stereocenters. The van der Waals surface area contributed by atoms with E-state index in [0.29, 0.717) is 0 Å². The van der Waals surface area contributed by atoms with Gasteiger partial charge in [-0.2, -0.15) is 0 Å². The number of benzene rings is 1. The number of rotatable bonds is 4. The maximum Gasteiger partial charge on any atom is 0.323 e. The van der Waals surface area contributed by atoms with Crippen LogP contribution >= 0.6 is 0 Å². The van der Waals surface area contributed by atoms with Gasteiger partial charge in [0, 0.05) is 12.7 Å². The first-order valence-corrected chi connectivity index (χ1v) is 4.65. The highest BCUT2D eigenvalue weighted by Gasteiger charge is 2.29. The minimum Gasteiger partial charge on any atom is -0.504 e. The molecule has 0 fully saturated rings. The molecule has 0 aliphatic heterocycles. The maximum atomic E-state index is 10.7. The normalized spacial score (nSPS) is 14.2. The second kappa shape index (κ2) is 4.89. The standard InChI is InChI=1S/C10H13NO6/c1-17-9(6(11)10(15)16)4-2-3-5(12)8(14)7(4)13/h2-3,6,9,12-14H,11H2,1H3,(H,15,16). The number of phenolic OH excluding ortho intramolecular Hbond substituents is 3. The van der Waals surface area contributed by atoms with Crippen molar-refractivity contribution in [3.05, 3.63) is 17.7 Å². The fraction of sp³-hybridized carbons (Fsp3) is 0.300. The number of carboxylic acids is 1. The van der Waals surface area contributed by atoms with Crippen molar-refractivity contribution in [2.75, 3.05) is 7.11 Å². The highest BCUT2D eigenvalue weighted by Crippen LogP contribution is 2.41. The molecular formula is C10H13NO6. The Kier molecular flexibility index (Phi) is 3.77. The first-order valence-electron chi connectivity index (χ1n) is 4.65. The molecule has 0 radical (unpaired) electrons. The molecule has 0 amide bonds. The van der Waals surface area contributed by atoms with Gasteiger partial charge in [-0.3, -0.25) is 4.79 Å². The van der Waals surface area contributed by atoms with Crippen LogP contribution < -0.4 is 5.73 Å². The van der Waals surface area contributed by atoms with Gasteiger partial charge >= 0.3 is 5.97 Å². The van der Waals surface area contributed by atoms with Crippen molar-refractivity contribution in [1.29, 1.82) is 0 Å². The lowest BCUT2D eigenvalue weighted by atomic mass is 10.0. The van der Waals surface area contributed by atoms with Crippen molar-refractivity contribution in [1.82, 2.24) is 0 Å². The highest BCUT2D eigenvalue weighted by molar-refractivity contribution is 5.74. The minimum atomic E-state index is -1.41. The van der Waals surface area contributed by atoms with Crippen LogP contribution in [0.1, 0.15) is 11.7 Å². The van der Waals surface area contributed by atoms with Gasteiger partial charge in [-0.1, -0.05) is 0 Å². The van der Waals surface area contributed by atoms with Crippen LogP contribution in [0.3, 0.4) is 0 Å². The molecule has 7 nitrogen and oxygen atoms in total. The summed E-state index contributed by atoms with van der Waals surface area (Å²) < 4.78 is 4.88. The van der Waals surface area contributed by atoms with Crippen molar-refractivity contribution >= 4 is 5.97 Å². The van der Waals surface area contributed by atoms with E-state index >= 15 is 0 Å². The van der Waals surface area contributed by atoms with Crippen LogP contribution in [-0.4, -0.2) is 39.5 Å². The van der Waals surface area contributed by atoms with E-state index in [1.54, 1.807) is 0 Å². The second-order valence-electron chi connectivity index (χ2n) is 3.39. The molecule has 6 N–H and O–H groups in total. The Morgan fingerprint density at radius 1 is 1.29 bits per heavy atom. The number of hydrogen-bond acceptors (Lipinski definition) is 6. The number of phenols is 3. The lowest BCUT2D eigenvalue weighted by Gasteiger charge is -2.21. The fourth-order valence-electron chi connectivity index (χ4n) is 1.41. The van der Waals surface area contributed by atoms with Crippen LogP contribution in [0.25, 0.3) is 0 Å². The molecule has 0 spiro atoms. The summed E-state index contributed by atoms with van der Waals surface area (Å²) in [5.41, 5.74) is 5.36. The molecule has 0 saturated carbocycles. The van der Waals surface area contributed by atoms with Crippen molar-refractivity contribution in [2.24, 2.45) is 5.73 Å². The molecule has 1 rings (SSSR count). The second-order valence-corrected chi connectivity index (χ2v) is 3.39. The van der Waals surface area contributed by atoms with Gasteiger partial charge in [0.05, 0.1) is 0 Å². The van der Waals surface area contributed by atoms with Crippen molar-refractivity contribution in [3.8, 4) is 17.2 Å². The van der Waals surface area contributed by atoms with E-state index in [4.69, 9.17) is 20.7 Å². The molecule has 0 aromatic heterocycles. The van der Waals surface area contributed by atoms with Crippen LogP contribution in [0.5, 0.6) is 17.2 Å². The van der Waals surface area contributed by atoms with Crippen LogP contribution in [0.2, 0.25) is 0 Å². The first kappa shape index (κ1) is 13.1. The zero-order chi connectivity index (χ0) is 13.2. The van der Waals surface area contributed by atoms with Gasteiger partial charge in [0.15, 0.2) is 11.5 Å². The summed E-state index contributed by atoms with van der Waals surface area (Å²) in [4.78, 5) is 10.7. The summed E-state index contributed by atoms with van der Waals surface area (Å²) in [6.45, 7) is 0. The van der Waals surface area contributed by atoms with Crippen molar-refractivity contribution in [2.45, 2.75) is 12.1 Å². The molecular weight excluding hydrogens is 230 g/mol. The largest absolute Gasteiger partial charge is 0.504 e. The maximum absolute atomic E-state index is 10.7. The van der Waals surface area contributed by atoms with Crippen molar-refractivity contribution < 1.29 is 30.0 Å². The molecule has 0 aliphatic rings. The van der Waals surface area contributed by atoms with Gasteiger partial charge in [-0.15, -0.1) is 0 Å². The number of aromatic hydroxyl groups is 3. The molecule has 7 heteroatoms. The number of methoxy groups -OCH3 is 1. The Balaban J connectivity index is 3.22. The van der Waals surface area contributed by atoms with Gasteiger partial charge in [-0.25, -0.2) is 0 Å². The zero-order valence-corrected chi connectivity index (χ0v) is 8.99. The number of carbonyl (C=O) groups is 1. The van der Waals surface area contributed by atoms with Crippen LogP contribution in [0.4, 0.5) is 0 Å². The number of aliphatic carboxylic acids is 1. The molecule has 0 bridgehead atoms. The molecule has 0 heterocycles. The lowest BCUT2D eigenvalue weighted by Crippen LogP contribution is -2.37. The smallest absolute Gasteiger partial charge is 0.323 e. The van der Waals surface area contributed by atoms with E-state index in [9.17, 15) is 15.0 Å². The molecule has 94 valence electrons. The van der Waals surface area contributed by atoms with Crippen LogP contribution in [-0.2, 0) is 9.53 Å². The lowest BCUT2D eigenvalue weighted by molar-refractivity contribution is -0.142. The summed E-state index contributed by atoms with van der Waals surface area (Å²) in [6, 6.07) is 0.918. The predicted molar refractivity (Wildman–Crippen MR) is 56.8 cm³/mol.